The van der Waals surface area contributed by atoms with E-state index in [1.165, 1.54) is 31.4 Å². The number of rotatable bonds is 3. The molecule has 4 aliphatic carbocycles. The molecule has 4 fully saturated rings. The topological polar surface area (TPSA) is 35.8 Å². The van der Waals surface area contributed by atoms with Crippen LogP contribution < -0.4 is 5.32 Å². The summed E-state index contributed by atoms with van der Waals surface area (Å²) in [6.45, 7) is 0. The van der Waals surface area contributed by atoms with Gasteiger partial charge in [-0.05, 0) is 67.9 Å². The minimum atomic E-state index is -4.44. The molecule has 0 aliphatic heterocycles. The summed E-state index contributed by atoms with van der Waals surface area (Å²) in [5.74, 6) is 2.04. The van der Waals surface area contributed by atoms with E-state index in [1.54, 1.807) is 6.07 Å². The monoisotopic (exact) mass is 334 g/mol. The van der Waals surface area contributed by atoms with Crippen LogP contribution in [0.5, 0.6) is 0 Å². The number of hydrogen-bond donors (Lipinski definition) is 1. The van der Waals surface area contributed by atoms with E-state index in [0.717, 1.165) is 25.3 Å². The third-order valence-corrected chi connectivity index (χ3v) is 6.20. The normalized spacial score (nSPS) is 35.7. The van der Waals surface area contributed by atoms with Gasteiger partial charge in [0.2, 0.25) is 0 Å². The van der Waals surface area contributed by atoms with Crippen LogP contribution in [0.4, 0.5) is 13.2 Å². The van der Waals surface area contributed by atoms with Crippen molar-refractivity contribution in [3.8, 4) is 6.07 Å². The van der Waals surface area contributed by atoms with Crippen LogP contribution in [-0.2, 0) is 6.18 Å². The molecule has 1 N–H and O–H groups in total. The SMILES string of the molecule is N#C[C@@H](NC12CC3CC(CC(C3)C1)C2)c1ccccc1C(F)(F)F. The van der Waals surface area contributed by atoms with Crippen molar-refractivity contribution in [1.82, 2.24) is 5.32 Å². The number of nitrogens with zero attached hydrogens (tertiary/aromatic N) is 1. The van der Waals surface area contributed by atoms with Crippen molar-refractivity contribution >= 4 is 0 Å². The molecule has 5 heteroatoms. The smallest absolute Gasteiger partial charge is 0.293 e. The third kappa shape index (κ3) is 2.71. The maximum atomic E-state index is 13.3. The Kier molecular flexibility index (Phi) is 3.65. The molecule has 0 spiro atoms. The fourth-order valence-corrected chi connectivity index (χ4v) is 5.78. The Morgan fingerprint density at radius 2 is 1.58 bits per heavy atom. The molecule has 0 aromatic heterocycles. The van der Waals surface area contributed by atoms with Gasteiger partial charge in [-0.25, -0.2) is 0 Å². The zero-order chi connectivity index (χ0) is 16.9. The number of nitriles is 1. The molecule has 1 aromatic rings. The Labute approximate surface area is 140 Å². The Morgan fingerprint density at radius 1 is 1.04 bits per heavy atom. The highest BCUT2D eigenvalue weighted by molar-refractivity contribution is 5.36. The van der Waals surface area contributed by atoms with Gasteiger partial charge in [0.15, 0.2) is 0 Å². The predicted octanol–water partition coefficient (Wildman–Crippen LogP) is 4.83. The number of benzene rings is 1. The van der Waals surface area contributed by atoms with Gasteiger partial charge in [0.25, 0.3) is 0 Å². The highest BCUT2D eigenvalue weighted by Crippen LogP contribution is 2.56. The second-order valence-corrected chi connectivity index (χ2v) is 7.99. The van der Waals surface area contributed by atoms with Crippen LogP contribution in [0.2, 0.25) is 0 Å². The molecule has 5 rings (SSSR count). The number of alkyl halides is 3. The first-order chi connectivity index (χ1) is 11.4. The summed E-state index contributed by atoms with van der Waals surface area (Å²) in [5, 5.41) is 13.0. The highest BCUT2D eigenvalue weighted by atomic mass is 19.4. The molecular formula is C19H21F3N2. The summed E-state index contributed by atoms with van der Waals surface area (Å²) < 4.78 is 39.9. The lowest BCUT2D eigenvalue weighted by atomic mass is 9.53. The first kappa shape index (κ1) is 16.0. The molecule has 0 amide bonds. The molecule has 4 saturated carbocycles. The van der Waals surface area contributed by atoms with E-state index in [2.05, 4.69) is 11.4 Å². The van der Waals surface area contributed by atoms with Crippen LogP contribution in [0.1, 0.15) is 55.7 Å². The van der Waals surface area contributed by atoms with Crippen molar-refractivity contribution in [2.75, 3.05) is 0 Å². The Hall–Kier alpha value is -1.54. The second kappa shape index (κ2) is 5.49. The third-order valence-electron chi connectivity index (χ3n) is 6.20. The number of halogens is 3. The standard InChI is InChI=1S/C19H21F3N2/c20-19(21,22)16-4-2-1-3-15(16)17(11-23)24-18-8-12-5-13(9-18)7-14(6-12)10-18/h1-4,12-14,17,24H,5-10H2/t12?,13?,14?,17-,18?/m1/s1. The molecule has 2 nitrogen and oxygen atoms in total. The summed E-state index contributed by atoms with van der Waals surface area (Å²) in [6, 6.07) is 6.66. The van der Waals surface area contributed by atoms with Gasteiger partial charge in [-0.2, -0.15) is 18.4 Å². The fourth-order valence-electron chi connectivity index (χ4n) is 5.78. The molecule has 4 bridgehead atoms. The highest BCUT2D eigenvalue weighted by Gasteiger charge is 2.51. The first-order valence-corrected chi connectivity index (χ1v) is 8.72. The van der Waals surface area contributed by atoms with Gasteiger partial charge in [-0.3, -0.25) is 5.32 Å². The lowest BCUT2D eigenvalue weighted by Gasteiger charge is -2.57. The van der Waals surface area contributed by atoms with Crippen molar-refractivity contribution < 1.29 is 13.2 Å². The van der Waals surface area contributed by atoms with Gasteiger partial charge in [-0.1, -0.05) is 18.2 Å². The molecular weight excluding hydrogens is 313 g/mol. The summed E-state index contributed by atoms with van der Waals surface area (Å²) >= 11 is 0. The molecule has 1 atom stereocenters. The minimum Gasteiger partial charge on any atom is -0.293 e. The maximum Gasteiger partial charge on any atom is 0.416 e. The van der Waals surface area contributed by atoms with E-state index < -0.39 is 17.8 Å². The largest absolute Gasteiger partial charge is 0.416 e. The second-order valence-electron chi connectivity index (χ2n) is 7.99. The van der Waals surface area contributed by atoms with Crippen molar-refractivity contribution in [3.05, 3.63) is 35.4 Å². The van der Waals surface area contributed by atoms with Gasteiger partial charge in [0.05, 0.1) is 11.6 Å². The summed E-state index contributed by atoms with van der Waals surface area (Å²) in [6.07, 6.45) is 2.36. The molecule has 1 aromatic carbocycles. The average molecular weight is 334 g/mol. The lowest BCUT2D eigenvalue weighted by molar-refractivity contribution is -0.138. The fraction of sp³-hybridized carbons (Fsp3) is 0.632. The zero-order valence-corrected chi connectivity index (χ0v) is 13.4. The number of nitrogens with one attached hydrogen (secondary N) is 1. The van der Waals surface area contributed by atoms with Gasteiger partial charge < -0.3 is 0 Å². The van der Waals surface area contributed by atoms with Gasteiger partial charge >= 0.3 is 6.18 Å². The molecule has 0 unspecified atom stereocenters. The van der Waals surface area contributed by atoms with E-state index in [4.69, 9.17) is 0 Å². The molecule has 128 valence electrons. The molecule has 0 saturated heterocycles. The van der Waals surface area contributed by atoms with E-state index in [1.807, 2.05) is 0 Å². The molecule has 24 heavy (non-hydrogen) atoms. The minimum absolute atomic E-state index is 0.0586. The summed E-state index contributed by atoms with van der Waals surface area (Å²) in [5.41, 5.74) is -0.787. The Bertz CT molecular complexity index is 639. The van der Waals surface area contributed by atoms with Crippen LogP contribution in [-0.4, -0.2) is 5.54 Å². The van der Waals surface area contributed by atoms with Crippen LogP contribution in [0, 0.1) is 29.1 Å². The molecule has 0 radical (unpaired) electrons. The maximum absolute atomic E-state index is 13.3. The Balaban J connectivity index is 1.63. The van der Waals surface area contributed by atoms with Gasteiger partial charge in [0.1, 0.15) is 6.04 Å². The van der Waals surface area contributed by atoms with Crippen molar-refractivity contribution in [2.45, 2.75) is 56.3 Å². The lowest BCUT2D eigenvalue weighted by Crippen LogP contribution is -2.59. The summed E-state index contributed by atoms with van der Waals surface area (Å²) in [7, 11) is 0. The van der Waals surface area contributed by atoms with E-state index in [9.17, 15) is 18.4 Å². The van der Waals surface area contributed by atoms with Crippen LogP contribution in [0.3, 0.4) is 0 Å². The average Bonchev–Trinajstić information content (AvgIpc) is 2.50. The predicted molar refractivity (Wildman–Crippen MR) is 83.8 cm³/mol. The van der Waals surface area contributed by atoms with Crippen LogP contribution >= 0.6 is 0 Å². The quantitative estimate of drug-likeness (QED) is 0.859. The Morgan fingerprint density at radius 3 is 2.08 bits per heavy atom. The van der Waals surface area contributed by atoms with E-state index >= 15 is 0 Å². The van der Waals surface area contributed by atoms with E-state index in [-0.39, 0.29) is 11.1 Å². The van der Waals surface area contributed by atoms with Crippen LogP contribution in [0.15, 0.2) is 24.3 Å². The van der Waals surface area contributed by atoms with Crippen molar-refractivity contribution in [2.24, 2.45) is 17.8 Å². The first-order valence-electron chi connectivity index (χ1n) is 8.72. The van der Waals surface area contributed by atoms with Gasteiger partial charge in [-0.15, -0.1) is 0 Å². The molecule has 0 heterocycles. The zero-order valence-electron chi connectivity index (χ0n) is 13.4. The van der Waals surface area contributed by atoms with Crippen molar-refractivity contribution in [1.29, 1.82) is 5.26 Å². The van der Waals surface area contributed by atoms with E-state index in [0.29, 0.717) is 17.8 Å². The summed E-state index contributed by atoms with van der Waals surface area (Å²) in [4.78, 5) is 0. The van der Waals surface area contributed by atoms with Gasteiger partial charge in [0, 0.05) is 5.54 Å². The molecule has 4 aliphatic rings. The van der Waals surface area contributed by atoms with Crippen molar-refractivity contribution in [3.63, 3.8) is 0 Å². The van der Waals surface area contributed by atoms with Crippen LogP contribution in [0.25, 0.3) is 0 Å². The number of hydrogen-bond acceptors (Lipinski definition) is 2.